The normalized spacial score (nSPS) is 20.7. The molecule has 0 unspecified atom stereocenters. The van der Waals surface area contributed by atoms with E-state index in [1.54, 1.807) is 42.9 Å². The predicted molar refractivity (Wildman–Crippen MR) is 87.6 cm³/mol. The van der Waals surface area contributed by atoms with Gasteiger partial charge in [0.15, 0.2) is 0 Å². The average molecular weight is 332 g/mol. The van der Waals surface area contributed by atoms with Crippen LogP contribution in [0.1, 0.15) is 36.0 Å². The van der Waals surface area contributed by atoms with E-state index in [4.69, 9.17) is 16.3 Å². The molecule has 120 valence electrons. The summed E-state index contributed by atoms with van der Waals surface area (Å²) in [6.45, 7) is 0. The second kappa shape index (κ2) is 7.42. The summed E-state index contributed by atoms with van der Waals surface area (Å²) in [5.41, 5.74) is 0.632. The Hall–Kier alpha value is -2.14. The van der Waals surface area contributed by atoms with Gasteiger partial charge in [-0.1, -0.05) is 11.6 Å². The van der Waals surface area contributed by atoms with Crippen molar-refractivity contribution in [2.24, 2.45) is 0 Å². The third-order valence-electron chi connectivity index (χ3n) is 3.94. The summed E-state index contributed by atoms with van der Waals surface area (Å²) < 4.78 is 5.81. The van der Waals surface area contributed by atoms with E-state index in [0.29, 0.717) is 16.5 Å². The number of ether oxygens (including phenoxy) is 1. The standard InChI is InChI=1S/C17H18ClN3O2/c18-13-3-1-12(2-4-13)17(22)21-14-5-7-15(8-6-14)23-16-11-19-9-10-20-16/h1-4,9-11,14-15H,5-8H2,(H,21,22). The van der Waals surface area contributed by atoms with Gasteiger partial charge in [-0.2, -0.15) is 0 Å². The van der Waals surface area contributed by atoms with E-state index in [-0.39, 0.29) is 18.1 Å². The quantitative estimate of drug-likeness (QED) is 0.934. The van der Waals surface area contributed by atoms with Crippen molar-refractivity contribution >= 4 is 17.5 Å². The fraction of sp³-hybridized carbons (Fsp3) is 0.353. The van der Waals surface area contributed by atoms with Crippen molar-refractivity contribution in [3.05, 3.63) is 53.4 Å². The Bertz CT molecular complexity index is 641. The molecule has 0 aliphatic heterocycles. The lowest BCUT2D eigenvalue weighted by atomic mass is 9.92. The Balaban J connectivity index is 1.47. The predicted octanol–water partition coefficient (Wildman–Crippen LogP) is 3.25. The van der Waals surface area contributed by atoms with Crippen molar-refractivity contribution in [2.45, 2.75) is 37.8 Å². The molecule has 1 saturated carbocycles. The lowest BCUT2D eigenvalue weighted by molar-refractivity contribution is 0.0890. The van der Waals surface area contributed by atoms with Crippen LogP contribution in [0.2, 0.25) is 5.02 Å². The van der Waals surface area contributed by atoms with Crippen LogP contribution in [-0.4, -0.2) is 28.0 Å². The molecular formula is C17H18ClN3O2. The number of aromatic nitrogens is 2. The number of halogens is 1. The number of nitrogens with zero attached hydrogens (tertiary/aromatic N) is 2. The van der Waals surface area contributed by atoms with E-state index in [1.807, 2.05) is 0 Å². The van der Waals surface area contributed by atoms with Crippen molar-refractivity contribution in [3.63, 3.8) is 0 Å². The maximum Gasteiger partial charge on any atom is 0.251 e. The first-order chi connectivity index (χ1) is 11.2. The molecule has 0 spiro atoms. The summed E-state index contributed by atoms with van der Waals surface area (Å²) in [6, 6.07) is 7.10. The molecule has 0 saturated heterocycles. The van der Waals surface area contributed by atoms with Gasteiger partial charge in [0.1, 0.15) is 6.10 Å². The molecule has 1 aromatic heterocycles. The third kappa shape index (κ3) is 4.42. The fourth-order valence-electron chi connectivity index (χ4n) is 2.71. The number of carbonyl (C=O) groups excluding carboxylic acids is 1. The molecule has 0 radical (unpaired) electrons. The first kappa shape index (κ1) is 15.7. The Labute approximate surface area is 140 Å². The van der Waals surface area contributed by atoms with Gasteiger partial charge in [0.2, 0.25) is 5.88 Å². The highest BCUT2D eigenvalue weighted by Crippen LogP contribution is 2.23. The fourth-order valence-corrected chi connectivity index (χ4v) is 2.84. The smallest absolute Gasteiger partial charge is 0.251 e. The molecule has 1 fully saturated rings. The van der Waals surface area contributed by atoms with Gasteiger partial charge in [0, 0.05) is 29.0 Å². The van der Waals surface area contributed by atoms with Crippen LogP contribution in [-0.2, 0) is 0 Å². The zero-order chi connectivity index (χ0) is 16.1. The number of hydrogen-bond acceptors (Lipinski definition) is 4. The van der Waals surface area contributed by atoms with Crippen LogP contribution in [0.5, 0.6) is 5.88 Å². The first-order valence-electron chi connectivity index (χ1n) is 7.70. The Morgan fingerprint density at radius 2 is 1.87 bits per heavy atom. The summed E-state index contributed by atoms with van der Waals surface area (Å²) in [4.78, 5) is 20.3. The molecule has 0 bridgehead atoms. The molecule has 1 heterocycles. The highest BCUT2D eigenvalue weighted by molar-refractivity contribution is 6.30. The van der Waals surface area contributed by atoms with E-state index < -0.39 is 0 Å². The molecule has 5 nitrogen and oxygen atoms in total. The Kier molecular flexibility index (Phi) is 5.08. The monoisotopic (exact) mass is 331 g/mol. The molecule has 2 aromatic rings. The zero-order valence-electron chi connectivity index (χ0n) is 12.6. The zero-order valence-corrected chi connectivity index (χ0v) is 13.4. The summed E-state index contributed by atoms with van der Waals surface area (Å²) in [5, 5.41) is 3.70. The van der Waals surface area contributed by atoms with Gasteiger partial charge in [-0.05, 0) is 49.9 Å². The summed E-state index contributed by atoms with van der Waals surface area (Å²) in [7, 11) is 0. The van der Waals surface area contributed by atoms with Crippen molar-refractivity contribution in [1.82, 2.24) is 15.3 Å². The summed E-state index contributed by atoms with van der Waals surface area (Å²) in [6.07, 6.45) is 8.56. The van der Waals surface area contributed by atoms with Crippen molar-refractivity contribution < 1.29 is 9.53 Å². The number of amides is 1. The molecule has 6 heteroatoms. The lowest BCUT2D eigenvalue weighted by Crippen LogP contribution is -2.39. The van der Waals surface area contributed by atoms with Crippen molar-refractivity contribution in [2.75, 3.05) is 0 Å². The van der Waals surface area contributed by atoms with E-state index in [1.165, 1.54) is 0 Å². The lowest BCUT2D eigenvalue weighted by Gasteiger charge is -2.29. The van der Waals surface area contributed by atoms with Gasteiger partial charge in [-0.25, -0.2) is 4.98 Å². The van der Waals surface area contributed by atoms with Gasteiger partial charge >= 0.3 is 0 Å². The molecule has 0 atom stereocenters. The summed E-state index contributed by atoms with van der Waals surface area (Å²) in [5.74, 6) is 0.501. The van der Waals surface area contributed by atoms with Gasteiger partial charge in [0.05, 0.1) is 6.20 Å². The topological polar surface area (TPSA) is 64.1 Å². The van der Waals surface area contributed by atoms with E-state index in [9.17, 15) is 4.79 Å². The average Bonchev–Trinajstić information content (AvgIpc) is 2.58. The number of benzene rings is 1. The number of rotatable bonds is 4. The molecule has 1 N–H and O–H groups in total. The second-order valence-corrected chi connectivity index (χ2v) is 6.05. The molecule has 23 heavy (non-hydrogen) atoms. The Morgan fingerprint density at radius 1 is 1.13 bits per heavy atom. The molecule has 1 aliphatic rings. The minimum atomic E-state index is -0.0556. The van der Waals surface area contributed by atoms with Crippen molar-refractivity contribution in [1.29, 1.82) is 0 Å². The number of hydrogen-bond donors (Lipinski definition) is 1. The van der Waals surface area contributed by atoms with Crippen LogP contribution in [0.15, 0.2) is 42.9 Å². The van der Waals surface area contributed by atoms with Crippen LogP contribution in [0.25, 0.3) is 0 Å². The van der Waals surface area contributed by atoms with Crippen LogP contribution >= 0.6 is 11.6 Å². The van der Waals surface area contributed by atoms with E-state index in [0.717, 1.165) is 25.7 Å². The van der Waals surface area contributed by atoms with Crippen LogP contribution in [0.3, 0.4) is 0 Å². The molecule has 1 aromatic carbocycles. The Morgan fingerprint density at radius 3 is 2.52 bits per heavy atom. The molecule has 1 amide bonds. The largest absolute Gasteiger partial charge is 0.473 e. The van der Waals surface area contributed by atoms with Gasteiger partial charge in [-0.3, -0.25) is 9.78 Å². The minimum absolute atomic E-state index is 0.0556. The molecule has 1 aliphatic carbocycles. The van der Waals surface area contributed by atoms with Crippen LogP contribution in [0, 0.1) is 0 Å². The van der Waals surface area contributed by atoms with Crippen LogP contribution < -0.4 is 10.1 Å². The SMILES string of the molecule is O=C(NC1CCC(Oc2cnccn2)CC1)c1ccc(Cl)cc1. The first-order valence-corrected chi connectivity index (χ1v) is 8.07. The summed E-state index contributed by atoms with van der Waals surface area (Å²) >= 11 is 5.84. The minimum Gasteiger partial charge on any atom is -0.473 e. The van der Waals surface area contributed by atoms with E-state index >= 15 is 0 Å². The third-order valence-corrected chi connectivity index (χ3v) is 4.19. The maximum atomic E-state index is 12.2. The number of nitrogens with one attached hydrogen (secondary N) is 1. The second-order valence-electron chi connectivity index (χ2n) is 5.62. The number of carbonyl (C=O) groups is 1. The molecule has 3 rings (SSSR count). The molecular weight excluding hydrogens is 314 g/mol. The highest BCUT2D eigenvalue weighted by atomic mass is 35.5. The maximum absolute atomic E-state index is 12.2. The van der Waals surface area contributed by atoms with Crippen molar-refractivity contribution in [3.8, 4) is 5.88 Å². The highest BCUT2D eigenvalue weighted by Gasteiger charge is 2.24. The van der Waals surface area contributed by atoms with Gasteiger partial charge < -0.3 is 10.1 Å². The van der Waals surface area contributed by atoms with Gasteiger partial charge in [-0.15, -0.1) is 0 Å². The van der Waals surface area contributed by atoms with Gasteiger partial charge in [0.25, 0.3) is 5.91 Å². The van der Waals surface area contributed by atoms with E-state index in [2.05, 4.69) is 15.3 Å². The van der Waals surface area contributed by atoms with Crippen LogP contribution in [0.4, 0.5) is 0 Å².